The van der Waals surface area contributed by atoms with Gasteiger partial charge in [0.2, 0.25) is 5.91 Å². The van der Waals surface area contributed by atoms with Crippen LogP contribution in [0.5, 0.6) is 0 Å². The molecule has 1 amide bonds. The zero-order chi connectivity index (χ0) is 23.2. The third-order valence-corrected chi connectivity index (χ3v) is 8.43. The minimum absolute atomic E-state index is 0.0705. The van der Waals surface area contributed by atoms with Gasteiger partial charge in [0.25, 0.3) is 0 Å². The molecular formula is C27H31Cl2N3O. The first-order chi connectivity index (χ1) is 15.9. The summed E-state index contributed by atoms with van der Waals surface area (Å²) in [6.07, 6.45) is 4.23. The number of halogens is 2. The Balaban J connectivity index is 1.45. The fraction of sp³-hybridized carbons (Fsp3) is 0.481. The number of nitrogens with zero attached hydrogens (tertiary/aromatic N) is 2. The molecule has 1 N–H and O–H groups in total. The largest absolute Gasteiger partial charge is 0.350 e. The molecule has 4 nitrogen and oxygen atoms in total. The van der Waals surface area contributed by atoms with Crippen LogP contribution >= 0.6 is 23.2 Å². The number of aliphatic imine (C=N–C) groups is 1. The van der Waals surface area contributed by atoms with Gasteiger partial charge in [0.15, 0.2) is 5.54 Å². The molecule has 0 unspecified atom stereocenters. The van der Waals surface area contributed by atoms with Gasteiger partial charge in [0, 0.05) is 37.8 Å². The van der Waals surface area contributed by atoms with Gasteiger partial charge in [0.1, 0.15) is 0 Å². The molecule has 2 aromatic carbocycles. The fourth-order valence-corrected chi connectivity index (χ4v) is 6.72. The van der Waals surface area contributed by atoms with Crippen molar-refractivity contribution in [2.45, 2.75) is 51.4 Å². The molecule has 3 heterocycles. The molecule has 5 atom stereocenters. The third-order valence-electron chi connectivity index (χ3n) is 7.69. The van der Waals surface area contributed by atoms with E-state index in [1.807, 2.05) is 48.5 Å². The van der Waals surface area contributed by atoms with Gasteiger partial charge < -0.3 is 5.32 Å². The molecule has 4 bridgehead atoms. The van der Waals surface area contributed by atoms with Crippen molar-refractivity contribution < 1.29 is 4.79 Å². The van der Waals surface area contributed by atoms with Crippen LogP contribution in [0.3, 0.4) is 0 Å². The van der Waals surface area contributed by atoms with Gasteiger partial charge >= 0.3 is 0 Å². The van der Waals surface area contributed by atoms with E-state index < -0.39 is 5.54 Å². The Kier molecular flexibility index (Phi) is 6.28. The second-order valence-corrected chi connectivity index (χ2v) is 11.1. The highest BCUT2D eigenvalue weighted by atomic mass is 35.5. The Hall–Kier alpha value is -1.88. The Morgan fingerprint density at radius 2 is 1.94 bits per heavy atom. The molecule has 174 valence electrons. The zero-order valence-electron chi connectivity index (χ0n) is 19.2. The van der Waals surface area contributed by atoms with Crippen molar-refractivity contribution in [1.82, 2.24) is 10.2 Å². The summed E-state index contributed by atoms with van der Waals surface area (Å²) in [7, 11) is 0. The number of carbonyl (C=O) groups excluding carboxylic acids is 1. The van der Waals surface area contributed by atoms with Crippen molar-refractivity contribution in [2.24, 2.45) is 28.7 Å². The number of benzene rings is 2. The van der Waals surface area contributed by atoms with Crippen molar-refractivity contribution in [2.75, 3.05) is 6.54 Å². The van der Waals surface area contributed by atoms with Crippen LogP contribution in [0.25, 0.3) is 0 Å². The number of nitrogens with one attached hydrogen (secondary N) is 1. The quantitative estimate of drug-likeness (QED) is 0.555. The predicted octanol–water partition coefficient (Wildman–Crippen LogP) is 5.62. The molecule has 3 aliphatic heterocycles. The smallest absolute Gasteiger partial charge is 0.250 e. The maximum Gasteiger partial charge on any atom is 0.250 e. The SMILES string of the molecule is CC(C)C[C@@H]1[C@@H]2C=N[C@@]3(C(=O)NCc4ccccc4)[C@@H](C2)CN(Cc2ccc(Cl)c(Cl)c2)[C@@H]13. The summed E-state index contributed by atoms with van der Waals surface area (Å²) in [5, 5.41) is 4.39. The molecule has 4 aliphatic rings. The lowest BCUT2D eigenvalue weighted by Crippen LogP contribution is -2.65. The molecule has 2 fully saturated rings. The van der Waals surface area contributed by atoms with E-state index in [2.05, 4.69) is 30.3 Å². The van der Waals surface area contributed by atoms with Crippen molar-refractivity contribution in [3.8, 4) is 0 Å². The van der Waals surface area contributed by atoms with E-state index in [1.165, 1.54) is 0 Å². The van der Waals surface area contributed by atoms with Gasteiger partial charge in [-0.3, -0.25) is 14.7 Å². The molecule has 1 saturated carbocycles. The van der Waals surface area contributed by atoms with E-state index in [0.717, 1.165) is 37.1 Å². The summed E-state index contributed by atoms with van der Waals surface area (Å²) >= 11 is 12.5. The molecule has 1 saturated heterocycles. The highest BCUT2D eigenvalue weighted by molar-refractivity contribution is 6.42. The van der Waals surface area contributed by atoms with Gasteiger partial charge in [-0.05, 0) is 53.9 Å². The first-order valence-electron chi connectivity index (χ1n) is 11.9. The average Bonchev–Trinajstić information content (AvgIpc) is 3.06. The Morgan fingerprint density at radius 1 is 1.15 bits per heavy atom. The molecule has 0 radical (unpaired) electrons. The van der Waals surface area contributed by atoms with Gasteiger partial charge in [0.05, 0.1) is 10.0 Å². The number of carbonyl (C=O) groups is 1. The first kappa shape index (κ1) is 22.9. The van der Waals surface area contributed by atoms with E-state index in [-0.39, 0.29) is 17.9 Å². The predicted molar refractivity (Wildman–Crippen MR) is 135 cm³/mol. The number of rotatable bonds is 7. The Labute approximate surface area is 206 Å². The minimum atomic E-state index is -0.709. The Morgan fingerprint density at radius 3 is 2.67 bits per heavy atom. The van der Waals surface area contributed by atoms with Crippen LogP contribution in [0.4, 0.5) is 0 Å². The summed E-state index contributed by atoms with van der Waals surface area (Å²) in [6, 6.07) is 16.0. The fourth-order valence-electron chi connectivity index (χ4n) is 6.40. The lowest BCUT2D eigenvalue weighted by atomic mass is 9.59. The van der Waals surface area contributed by atoms with Gasteiger partial charge in [-0.15, -0.1) is 0 Å². The zero-order valence-corrected chi connectivity index (χ0v) is 20.7. The lowest BCUT2D eigenvalue weighted by molar-refractivity contribution is -0.132. The van der Waals surface area contributed by atoms with Crippen LogP contribution in [0.15, 0.2) is 53.5 Å². The molecule has 33 heavy (non-hydrogen) atoms. The molecule has 6 heteroatoms. The van der Waals surface area contributed by atoms with Gasteiger partial charge in [-0.1, -0.05) is 73.4 Å². The molecule has 2 aromatic rings. The monoisotopic (exact) mass is 483 g/mol. The first-order valence-corrected chi connectivity index (χ1v) is 12.7. The van der Waals surface area contributed by atoms with E-state index in [0.29, 0.717) is 34.3 Å². The van der Waals surface area contributed by atoms with E-state index in [9.17, 15) is 4.79 Å². The summed E-state index contributed by atoms with van der Waals surface area (Å²) in [4.78, 5) is 21.4. The molecular weight excluding hydrogens is 453 g/mol. The molecule has 0 spiro atoms. The van der Waals surface area contributed by atoms with E-state index in [4.69, 9.17) is 28.2 Å². The normalized spacial score (nSPS) is 30.2. The number of amides is 1. The van der Waals surface area contributed by atoms with Crippen molar-refractivity contribution in [1.29, 1.82) is 0 Å². The van der Waals surface area contributed by atoms with Crippen LogP contribution in [0.2, 0.25) is 10.0 Å². The summed E-state index contributed by atoms with van der Waals surface area (Å²) in [5.41, 5.74) is 1.52. The summed E-state index contributed by atoms with van der Waals surface area (Å²) in [5.74, 6) is 1.75. The second-order valence-electron chi connectivity index (χ2n) is 10.3. The average molecular weight is 484 g/mol. The van der Waals surface area contributed by atoms with Crippen LogP contribution in [-0.2, 0) is 17.9 Å². The van der Waals surface area contributed by atoms with Crippen molar-refractivity contribution in [3.63, 3.8) is 0 Å². The van der Waals surface area contributed by atoms with Crippen LogP contribution < -0.4 is 5.32 Å². The Bertz CT molecular complexity index is 1060. The maximum absolute atomic E-state index is 13.8. The van der Waals surface area contributed by atoms with Crippen molar-refractivity contribution >= 4 is 35.3 Å². The lowest BCUT2D eigenvalue weighted by Gasteiger charge is -2.51. The minimum Gasteiger partial charge on any atom is -0.350 e. The van der Waals surface area contributed by atoms with Crippen molar-refractivity contribution in [3.05, 3.63) is 69.7 Å². The topological polar surface area (TPSA) is 44.7 Å². The van der Waals surface area contributed by atoms with E-state index in [1.54, 1.807) is 0 Å². The van der Waals surface area contributed by atoms with Crippen LogP contribution in [0.1, 0.15) is 37.8 Å². The number of hydrogen-bond acceptors (Lipinski definition) is 3. The van der Waals surface area contributed by atoms with Gasteiger partial charge in [-0.25, -0.2) is 0 Å². The summed E-state index contributed by atoms with van der Waals surface area (Å²) in [6.45, 7) is 6.71. The second kappa shape index (κ2) is 9.05. The highest BCUT2D eigenvalue weighted by Crippen LogP contribution is 2.55. The highest BCUT2D eigenvalue weighted by Gasteiger charge is 2.67. The third kappa shape index (κ3) is 4.11. The number of likely N-dealkylation sites (tertiary alicyclic amines) is 1. The molecule has 0 aromatic heterocycles. The summed E-state index contributed by atoms with van der Waals surface area (Å²) < 4.78 is 0. The van der Waals surface area contributed by atoms with Crippen LogP contribution in [-0.4, -0.2) is 35.1 Å². The maximum atomic E-state index is 13.8. The molecule has 6 rings (SSSR count). The van der Waals surface area contributed by atoms with E-state index >= 15 is 0 Å². The standard InChI is InChI=1S/C27H31Cl2N3O/c1-17(2)10-22-20-12-21-16-32(15-19-8-9-23(28)24(29)11-19)25(22)27(21,31-14-20)26(33)30-13-18-6-4-3-5-7-18/h3-9,11,14,17,20-22,25H,10,12-13,15-16H2,1-2H3,(H,30,33)/t20-,21-,22+,25-,27-/m0/s1. The molecule has 1 aliphatic carbocycles. The number of hydrogen-bond donors (Lipinski definition) is 1. The van der Waals surface area contributed by atoms with Crippen LogP contribution in [0, 0.1) is 23.7 Å². The van der Waals surface area contributed by atoms with Gasteiger partial charge in [-0.2, -0.15) is 0 Å².